The second-order valence-corrected chi connectivity index (χ2v) is 6.08. The molecule has 3 aromatic rings. The normalized spacial score (nSPS) is 10.7. The summed E-state index contributed by atoms with van der Waals surface area (Å²) in [5, 5.41) is 3.94. The standard InChI is InChI=1S/C19H16ClFN2O2/c1-11-6-14(21)8-15-17(25-2)9-16(23-18(11)15)19(24)22-10-12-4-3-5-13(20)7-12/h3-9H,10H2,1-2H3,(H,22,24). The van der Waals surface area contributed by atoms with Crippen molar-refractivity contribution in [2.45, 2.75) is 13.5 Å². The third-order valence-electron chi connectivity index (χ3n) is 3.83. The van der Waals surface area contributed by atoms with Crippen molar-refractivity contribution in [3.63, 3.8) is 0 Å². The van der Waals surface area contributed by atoms with Crippen LogP contribution in [0.3, 0.4) is 0 Å². The van der Waals surface area contributed by atoms with Gasteiger partial charge >= 0.3 is 0 Å². The highest BCUT2D eigenvalue weighted by Gasteiger charge is 2.15. The summed E-state index contributed by atoms with van der Waals surface area (Å²) in [7, 11) is 1.47. The minimum absolute atomic E-state index is 0.209. The Morgan fingerprint density at radius 3 is 2.80 bits per heavy atom. The van der Waals surface area contributed by atoms with Gasteiger partial charge in [-0.1, -0.05) is 23.7 Å². The smallest absolute Gasteiger partial charge is 0.270 e. The van der Waals surface area contributed by atoms with Crippen molar-refractivity contribution >= 4 is 28.4 Å². The molecular weight excluding hydrogens is 343 g/mol. The van der Waals surface area contributed by atoms with Crippen LogP contribution in [0.15, 0.2) is 42.5 Å². The van der Waals surface area contributed by atoms with Gasteiger partial charge in [-0.25, -0.2) is 9.37 Å². The number of amides is 1. The molecule has 0 atom stereocenters. The summed E-state index contributed by atoms with van der Waals surface area (Å²) in [6, 6.07) is 11.5. The predicted molar refractivity (Wildman–Crippen MR) is 95.6 cm³/mol. The summed E-state index contributed by atoms with van der Waals surface area (Å²) >= 11 is 5.94. The largest absolute Gasteiger partial charge is 0.496 e. The van der Waals surface area contributed by atoms with Gasteiger partial charge in [-0.05, 0) is 42.3 Å². The zero-order chi connectivity index (χ0) is 18.0. The van der Waals surface area contributed by atoms with Crippen LogP contribution in [0.25, 0.3) is 10.9 Å². The lowest BCUT2D eigenvalue weighted by molar-refractivity contribution is 0.0946. The second kappa shape index (κ2) is 7.07. The molecule has 0 radical (unpaired) electrons. The van der Waals surface area contributed by atoms with Gasteiger partial charge in [0.25, 0.3) is 5.91 Å². The molecule has 3 rings (SSSR count). The minimum atomic E-state index is -0.372. The number of rotatable bonds is 4. The van der Waals surface area contributed by atoms with E-state index >= 15 is 0 Å². The zero-order valence-electron chi connectivity index (χ0n) is 13.8. The van der Waals surface area contributed by atoms with E-state index in [0.29, 0.717) is 33.8 Å². The number of hydrogen-bond donors (Lipinski definition) is 1. The Morgan fingerprint density at radius 2 is 2.08 bits per heavy atom. The molecule has 1 heterocycles. The van der Waals surface area contributed by atoms with E-state index in [1.807, 2.05) is 12.1 Å². The first-order valence-electron chi connectivity index (χ1n) is 7.65. The second-order valence-electron chi connectivity index (χ2n) is 5.64. The molecule has 128 valence electrons. The maximum absolute atomic E-state index is 13.6. The molecule has 0 aliphatic rings. The number of pyridine rings is 1. The van der Waals surface area contributed by atoms with Gasteiger partial charge in [0.1, 0.15) is 17.3 Å². The SMILES string of the molecule is COc1cc(C(=O)NCc2cccc(Cl)c2)nc2c(C)cc(F)cc12. The number of aryl methyl sites for hydroxylation is 1. The van der Waals surface area contributed by atoms with E-state index in [4.69, 9.17) is 16.3 Å². The molecule has 0 saturated heterocycles. The van der Waals surface area contributed by atoms with Crippen molar-refractivity contribution < 1.29 is 13.9 Å². The molecule has 0 fully saturated rings. The van der Waals surface area contributed by atoms with Crippen molar-refractivity contribution in [2.24, 2.45) is 0 Å². The first-order chi connectivity index (χ1) is 12.0. The molecule has 6 heteroatoms. The van der Waals surface area contributed by atoms with Crippen molar-refractivity contribution in [1.82, 2.24) is 10.3 Å². The lowest BCUT2D eigenvalue weighted by Gasteiger charge is -2.11. The minimum Gasteiger partial charge on any atom is -0.496 e. The summed E-state index contributed by atoms with van der Waals surface area (Å²) in [6.07, 6.45) is 0. The number of nitrogens with zero attached hydrogens (tertiary/aromatic N) is 1. The molecule has 4 nitrogen and oxygen atoms in total. The molecule has 0 aliphatic carbocycles. The Morgan fingerprint density at radius 1 is 1.28 bits per heavy atom. The molecule has 0 saturated carbocycles. The van der Waals surface area contributed by atoms with Gasteiger partial charge in [0.2, 0.25) is 0 Å². The number of nitrogens with one attached hydrogen (secondary N) is 1. The number of benzene rings is 2. The van der Waals surface area contributed by atoms with Crippen LogP contribution in [0.4, 0.5) is 4.39 Å². The third kappa shape index (κ3) is 3.72. The monoisotopic (exact) mass is 358 g/mol. The molecule has 0 spiro atoms. The first-order valence-corrected chi connectivity index (χ1v) is 8.03. The molecule has 25 heavy (non-hydrogen) atoms. The van der Waals surface area contributed by atoms with Gasteiger partial charge < -0.3 is 10.1 Å². The number of carbonyl (C=O) groups excluding carboxylic acids is 1. The van der Waals surface area contributed by atoms with Crippen molar-refractivity contribution in [3.05, 3.63) is 70.1 Å². The van der Waals surface area contributed by atoms with Crippen LogP contribution >= 0.6 is 11.6 Å². The number of aromatic nitrogens is 1. The highest BCUT2D eigenvalue weighted by molar-refractivity contribution is 6.30. The molecule has 0 aliphatic heterocycles. The van der Waals surface area contributed by atoms with E-state index in [1.165, 1.54) is 25.3 Å². The van der Waals surface area contributed by atoms with Crippen LogP contribution in [0.5, 0.6) is 5.75 Å². The molecular formula is C19H16ClFN2O2. The molecule has 0 unspecified atom stereocenters. The molecule has 2 aromatic carbocycles. The van der Waals surface area contributed by atoms with Crippen LogP contribution in [-0.2, 0) is 6.54 Å². The van der Waals surface area contributed by atoms with Crippen molar-refractivity contribution in [1.29, 1.82) is 0 Å². The maximum Gasteiger partial charge on any atom is 0.270 e. The molecule has 0 bridgehead atoms. The van der Waals surface area contributed by atoms with Gasteiger partial charge in [-0.3, -0.25) is 4.79 Å². The lowest BCUT2D eigenvalue weighted by atomic mass is 10.1. The van der Waals surface area contributed by atoms with Crippen LogP contribution in [0, 0.1) is 12.7 Å². The van der Waals surface area contributed by atoms with Crippen LogP contribution in [0.2, 0.25) is 5.02 Å². The van der Waals surface area contributed by atoms with E-state index in [0.717, 1.165) is 5.56 Å². The molecule has 1 aromatic heterocycles. The quantitative estimate of drug-likeness (QED) is 0.757. The van der Waals surface area contributed by atoms with Crippen molar-refractivity contribution in [2.75, 3.05) is 7.11 Å². The fourth-order valence-corrected chi connectivity index (χ4v) is 2.84. The summed E-state index contributed by atoms with van der Waals surface area (Å²) in [5.74, 6) is -0.312. The van der Waals surface area contributed by atoms with E-state index in [1.54, 1.807) is 19.1 Å². The molecule has 1 amide bonds. The Bertz CT molecular complexity index is 960. The van der Waals surface area contributed by atoms with E-state index in [-0.39, 0.29) is 17.4 Å². The van der Waals surface area contributed by atoms with E-state index < -0.39 is 0 Å². The van der Waals surface area contributed by atoms with Gasteiger partial charge in [-0.2, -0.15) is 0 Å². The van der Waals surface area contributed by atoms with Crippen LogP contribution < -0.4 is 10.1 Å². The topological polar surface area (TPSA) is 51.2 Å². The molecule has 1 N–H and O–H groups in total. The van der Waals surface area contributed by atoms with Crippen molar-refractivity contribution in [3.8, 4) is 5.75 Å². The van der Waals surface area contributed by atoms with E-state index in [2.05, 4.69) is 10.3 Å². The van der Waals surface area contributed by atoms with Crippen LogP contribution in [-0.4, -0.2) is 18.0 Å². The van der Waals surface area contributed by atoms with E-state index in [9.17, 15) is 9.18 Å². The number of halogens is 2. The zero-order valence-corrected chi connectivity index (χ0v) is 14.5. The number of carbonyl (C=O) groups is 1. The average Bonchev–Trinajstić information content (AvgIpc) is 2.59. The summed E-state index contributed by atoms with van der Waals surface area (Å²) in [6.45, 7) is 2.06. The number of methoxy groups -OCH3 is 1. The Labute approximate surface area is 149 Å². The highest BCUT2D eigenvalue weighted by atomic mass is 35.5. The van der Waals surface area contributed by atoms with Gasteiger partial charge in [0, 0.05) is 23.0 Å². The predicted octanol–water partition coefficient (Wildman–Crippen LogP) is 4.27. The lowest BCUT2D eigenvalue weighted by Crippen LogP contribution is -2.24. The Hall–Kier alpha value is -2.66. The van der Waals surface area contributed by atoms with Crippen LogP contribution in [0.1, 0.15) is 21.6 Å². The van der Waals surface area contributed by atoms with Gasteiger partial charge in [0.15, 0.2) is 0 Å². The number of ether oxygens (including phenoxy) is 1. The summed E-state index contributed by atoms with van der Waals surface area (Å²) in [4.78, 5) is 16.8. The summed E-state index contributed by atoms with van der Waals surface area (Å²) in [5.41, 5.74) is 2.26. The fraction of sp³-hybridized carbons (Fsp3) is 0.158. The number of hydrogen-bond acceptors (Lipinski definition) is 3. The Kier molecular flexibility index (Phi) is 4.86. The number of fused-ring (bicyclic) bond motifs is 1. The summed E-state index contributed by atoms with van der Waals surface area (Å²) < 4.78 is 18.9. The third-order valence-corrected chi connectivity index (χ3v) is 4.06. The van der Waals surface area contributed by atoms with Gasteiger partial charge in [0.05, 0.1) is 12.6 Å². The first kappa shape index (κ1) is 17.2. The van der Waals surface area contributed by atoms with Gasteiger partial charge in [-0.15, -0.1) is 0 Å². The highest BCUT2D eigenvalue weighted by Crippen LogP contribution is 2.28. The fourth-order valence-electron chi connectivity index (χ4n) is 2.63. The maximum atomic E-state index is 13.6. The Balaban J connectivity index is 1.91. The average molecular weight is 359 g/mol.